The highest BCUT2D eigenvalue weighted by atomic mass is 32.1. The monoisotopic (exact) mass is 884 g/mol. The highest BCUT2D eigenvalue weighted by Gasteiger charge is 2.30. The van der Waals surface area contributed by atoms with Crippen molar-refractivity contribution < 1.29 is 9.59 Å². The van der Waals surface area contributed by atoms with Crippen LogP contribution in [0.4, 0.5) is 10.0 Å². The molecule has 6 aromatic rings. The number of hydrogen-bond acceptors (Lipinski definition) is 12. The molecular formula is C46H60N8O2S4. The van der Waals surface area contributed by atoms with Crippen molar-refractivity contribution in [3.8, 4) is 21.1 Å². The Morgan fingerprint density at radius 3 is 1.67 bits per heavy atom. The van der Waals surface area contributed by atoms with Crippen LogP contribution in [0, 0.1) is 0 Å². The fraction of sp³-hybridized carbons (Fsp3) is 0.435. The molecule has 10 nitrogen and oxygen atoms in total. The lowest BCUT2D eigenvalue weighted by Crippen LogP contribution is -2.35. The minimum Gasteiger partial charge on any atom is -0.330 e. The van der Waals surface area contributed by atoms with Crippen LogP contribution in [0.2, 0.25) is 0 Å². The quantitative estimate of drug-likeness (QED) is 0.0667. The summed E-state index contributed by atoms with van der Waals surface area (Å²) in [6.07, 6.45) is 5.97. The van der Waals surface area contributed by atoms with E-state index in [0.29, 0.717) is 25.0 Å². The average Bonchev–Trinajstić information content (AvgIpc) is 4.03. The second-order valence-electron chi connectivity index (χ2n) is 15.5. The molecule has 0 spiro atoms. The molecule has 2 amide bonds. The average molecular weight is 885 g/mol. The van der Waals surface area contributed by atoms with Gasteiger partial charge >= 0.3 is 0 Å². The number of thiophene rings is 2. The van der Waals surface area contributed by atoms with E-state index < -0.39 is 0 Å². The predicted molar refractivity (Wildman–Crippen MR) is 259 cm³/mol. The minimum absolute atomic E-state index is 0.0697. The van der Waals surface area contributed by atoms with Gasteiger partial charge in [-0.05, 0) is 108 Å². The molecule has 2 aromatic carbocycles. The number of carbonyl (C=O) groups is 2. The number of para-hydroxylation sites is 2. The van der Waals surface area contributed by atoms with Gasteiger partial charge in [-0.15, -0.1) is 45.3 Å². The minimum atomic E-state index is -0.174. The predicted octanol–water partition coefficient (Wildman–Crippen LogP) is 10.4. The zero-order valence-electron chi connectivity index (χ0n) is 35.9. The van der Waals surface area contributed by atoms with Gasteiger partial charge in [0.25, 0.3) is 0 Å². The number of anilines is 2. The Kier molecular flexibility index (Phi) is 16.6. The maximum absolute atomic E-state index is 12.6. The number of rotatable bonds is 13. The van der Waals surface area contributed by atoms with E-state index in [4.69, 9.17) is 15.7 Å². The van der Waals surface area contributed by atoms with Crippen LogP contribution < -0.4 is 21.7 Å². The lowest BCUT2D eigenvalue weighted by atomic mass is 10.0. The Morgan fingerprint density at radius 1 is 0.750 bits per heavy atom. The first kappa shape index (κ1) is 45.7. The Morgan fingerprint density at radius 2 is 1.23 bits per heavy atom. The SMILES string of the molecule is C=CC(=O)Nc1sc2c(c1-c1nc3ccccc3s1)CCN(C(C)C)C2.CCCN.CCCNCCC(=O)Nc1sc2c(c1-c1nc3ccccc3s1)CCN(C(C)C)C2. The van der Waals surface area contributed by atoms with E-state index >= 15 is 0 Å². The smallest absolute Gasteiger partial charge is 0.248 e. The number of nitrogens with zero attached hydrogens (tertiary/aromatic N) is 4. The van der Waals surface area contributed by atoms with Gasteiger partial charge in [-0.1, -0.05) is 44.7 Å². The maximum Gasteiger partial charge on any atom is 0.248 e. The van der Waals surface area contributed by atoms with Crippen LogP contribution in [0.25, 0.3) is 41.6 Å². The maximum atomic E-state index is 12.6. The van der Waals surface area contributed by atoms with Gasteiger partial charge in [-0.3, -0.25) is 19.4 Å². The molecule has 5 N–H and O–H groups in total. The van der Waals surface area contributed by atoms with Crippen molar-refractivity contribution in [3.05, 3.63) is 82.1 Å². The molecule has 0 saturated heterocycles. The van der Waals surface area contributed by atoms with Crippen molar-refractivity contribution in [2.75, 3.05) is 43.4 Å². The topological polar surface area (TPSA) is 129 Å². The molecule has 0 unspecified atom stereocenters. The van der Waals surface area contributed by atoms with Crippen LogP contribution in [0.3, 0.4) is 0 Å². The summed E-state index contributed by atoms with van der Waals surface area (Å²) >= 11 is 6.82. The number of nitrogens with one attached hydrogen (secondary N) is 3. The molecule has 8 rings (SSSR count). The summed E-state index contributed by atoms with van der Waals surface area (Å²) in [4.78, 5) is 42.1. The molecule has 14 heteroatoms. The van der Waals surface area contributed by atoms with E-state index in [1.54, 1.807) is 45.3 Å². The van der Waals surface area contributed by atoms with Crippen LogP contribution in [-0.4, -0.2) is 76.4 Å². The lowest BCUT2D eigenvalue weighted by Gasteiger charge is -2.30. The molecule has 0 aliphatic carbocycles. The third-order valence-electron chi connectivity index (χ3n) is 10.6. The van der Waals surface area contributed by atoms with E-state index in [-0.39, 0.29) is 11.8 Å². The Bertz CT molecular complexity index is 2310. The second kappa shape index (κ2) is 21.8. The van der Waals surface area contributed by atoms with E-state index in [0.717, 1.165) is 107 Å². The fourth-order valence-corrected chi connectivity index (χ4v) is 12.0. The number of thiazole rings is 2. The molecule has 0 saturated carbocycles. The van der Waals surface area contributed by atoms with Crippen molar-refractivity contribution in [3.63, 3.8) is 0 Å². The first-order valence-electron chi connectivity index (χ1n) is 21.2. The van der Waals surface area contributed by atoms with E-state index in [2.05, 4.69) is 98.1 Å². The number of carbonyl (C=O) groups excluding carboxylic acids is 2. The molecule has 0 fully saturated rings. The molecule has 4 aromatic heterocycles. The summed E-state index contributed by atoms with van der Waals surface area (Å²) in [6.45, 7) is 23.2. The third-order valence-corrected chi connectivity index (χ3v) is 14.9. The summed E-state index contributed by atoms with van der Waals surface area (Å²) in [7, 11) is 0. The second-order valence-corrected chi connectivity index (χ2v) is 19.8. The van der Waals surface area contributed by atoms with Crippen LogP contribution >= 0.6 is 45.3 Å². The molecular weight excluding hydrogens is 825 g/mol. The van der Waals surface area contributed by atoms with Crippen LogP contribution in [0.1, 0.15) is 81.7 Å². The first-order chi connectivity index (χ1) is 29.0. The zero-order chi connectivity index (χ0) is 42.8. The summed E-state index contributed by atoms with van der Waals surface area (Å²) in [5, 5.41) is 13.4. The number of aromatic nitrogens is 2. The van der Waals surface area contributed by atoms with Gasteiger partial charge in [0.05, 0.1) is 20.4 Å². The van der Waals surface area contributed by atoms with E-state index in [1.165, 1.54) is 36.4 Å². The van der Waals surface area contributed by atoms with Crippen molar-refractivity contribution in [2.45, 2.75) is 98.8 Å². The molecule has 0 radical (unpaired) electrons. The number of amides is 2. The van der Waals surface area contributed by atoms with E-state index in [1.807, 2.05) is 24.3 Å². The molecule has 6 heterocycles. The number of fused-ring (bicyclic) bond motifs is 4. The third kappa shape index (κ3) is 11.1. The summed E-state index contributed by atoms with van der Waals surface area (Å²) in [5.74, 6) is -0.105. The summed E-state index contributed by atoms with van der Waals surface area (Å²) in [6, 6.07) is 17.5. The highest BCUT2D eigenvalue weighted by molar-refractivity contribution is 7.23. The zero-order valence-corrected chi connectivity index (χ0v) is 39.1. The fourth-order valence-electron chi connectivity index (χ4n) is 7.17. The first-order valence-corrected chi connectivity index (χ1v) is 24.4. The standard InChI is InChI=1S/C23H30N4OS2.C20H21N3OS2.C3H9N/c1-4-11-24-12-9-20(28)26-23-21(22-25-17-7-5-6-8-18(17)29-22)16-10-13-27(15(2)3)14-19(16)30-23;1-4-17(24)22-20-18(19-21-14-7-5-6-8-15(14)25-19)13-9-10-23(12(2)3)11-16(13)26-20;1-2-3-4/h5-8,15,24H,4,9-14H2,1-3H3,(H,26,28);4-8,12H,1,9-11H2,2-3H3,(H,22,24);2-4H2,1H3. The van der Waals surface area contributed by atoms with Crippen molar-refractivity contribution >= 4 is 87.6 Å². The molecule has 0 bridgehead atoms. The van der Waals surface area contributed by atoms with Crippen molar-refractivity contribution in [2.24, 2.45) is 5.73 Å². The van der Waals surface area contributed by atoms with Gasteiger partial charge in [0.15, 0.2) is 0 Å². The van der Waals surface area contributed by atoms with Gasteiger partial charge in [0, 0.05) is 72.1 Å². The van der Waals surface area contributed by atoms with Gasteiger partial charge in [-0.25, -0.2) is 9.97 Å². The van der Waals surface area contributed by atoms with Crippen molar-refractivity contribution in [1.29, 1.82) is 0 Å². The molecule has 320 valence electrons. The molecule has 60 heavy (non-hydrogen) atoms. The normalized spacial score (nSPS) is 14.0. The van der Waals surface area contributed by atoms with Gasteiger partial charge in [-0.2, -0.15) is 0 Å². The highest BCUT2D eigenvalue weighted by Crippen LogP contribution is 2.47. The van der Waals surface area contributed by atoms with Gasteiger partial charge in [0.2, 0.25) is 11.8 Å². The Hall–Kier alpha value is -3.86. The van der Waals surface area contributed by atoms with Gasteiger partial charge in [0.1, 0.15) is 20.0 Å². The largest absolute Gasteiger partial charge is 0.330 e. The number of nitrogens with two attached hydrogens (primary N) is 1. The van der Waals surface area contributed by atoms with Crippen LogP contribution in [-0.2, 0) is 35.5 Å². The summed E-state index contributed by atoms with van der Waals surface area (Å²) < 4.78 is 2.36. The number of benzene rings is 2. The Balaban J connectivity index is 0.000000186. The molecule has 0 atom stereocenters. The summed E-state index contributed by atoms with van der Waals surface area (Å²) in [5.41, 5.74) is 12.0. The Labute approximate surface area is 371 Å². The lowest BCUT2D eigenvalue weighted by molar-refractivity contribution is -0.116. The van der Waals surface area contributed by atoms with E-state index in [9.17, 15) is 9.59 Å². The molecule has 2 aliphatic rings. The van der Waals surface area contributed by atoms with Crippen molar-refractivity contribution in [1.82, 2.24) is 25.1 Å². The molecule has 2 aliphatic heterocycles. The van der Waals surface area contributed by atoms with Crippen LogP contribution in [0.5, 0.6) is 0 Å². The van der Waals surface area contributed by atoms with Gasteiger partial charge < -0.3 is 21.7 Å². The van der Waals surface area contributed by atoms with Crippen LogP contribution in [0.15, 0.2) is 61.2 Å². The number of hydrogen-bond donors (Lipinski definition) is 4.